The summed E-state index contributed by atoms with van der Waals surface area (Å²) < 4.78 is 0. The van der Waals surface area contributed by atoms with Gasteiger partial charge in [-0.1, -0.05) is 43.4 Å². The standard InChI is InChI=1S/C20H31NO/c1-4-5-7-10-16(2)15-18-13-14-21(3)19(18)20(22)17-11-8-6-9-12-17/h4-5,7-8,10-11,16-19H,6,9,12-15H2,1-3H3/b5-4-,10-7-. The van der Waals surface area contributed by atoms with Gasteiger partial charge in [0.05, 0.1) is 6.04 Å². The summed E-state index contributed by atoms with van der Waals surface area (Å²) in [6.07, 6.45) is 18.5. The molecule has 2 aliphatic rings. The van der Waals surface area contributed by atoms with Crippen molar-refractivity contribution in [3.05, 3.63) is 36.5 Å². The molecule has 1 fully saturated rings. The lowest BCUT2D eigenvalue weighted by Gasteiger charge is -2.28. The minimum atomic E-state index is 0.130. The monoisotopic (exact) mass is 301 g/mol. The van der Waals surface area contributed by atoms with Crippen molar-refractivity contribution in [2.75, 3.05) is 13.6 Å². The minimum absolute atomic E-state index is 0.130. The van der Waals surface area contributed by atoms with E-state index in [9.17, 15) is 4.79 Å². The summed E-state index contributed by atoms with van der Waals surface area (Å²) in [5.74, 6) is 1.67. The van der Waals surface area contributed by atoms with Crippen molar-refractivity contribution < 1.29 is 4.79 Å². The molecule has 0 N–H and O–H groups in total. The molecule has 2 nitrogen and oxygen atoms in total. The van der Waals surface area contributed by atoms with Crippen molar-refractivity contribution in [3.8, 4) is 0 Å². The average Bonchev–Trinajstić information content (AvgIpc) is 2.88. The third-order valence-electron chi connectivity index (χ3n) is 5.10. The normalized spacial score (nSPS) is 31.3. The predicted octanol–water partition coefficient (Wildman–Crippen LogP) is 4.39. The van der Waals surface area contributed by atoms with Crippen LogP contribution in [0, 0.1) is 17.8 Å². The van der Waals surface area contributed by atoms with Gasteiger partial charge in [0, 0.05) is 5.92 Å². The number of carbonyl (C=O) groups excluding carboxylic acids is 1. The van der Waals surface area contributed by atoms with Crippen molar-refractivity contribution in [2.45, 2.75) is 52.0 Å². The van der Waals surface area contributed by atoms with Crippen LogP contribution in [0.25, 0.3) is 0 Å². The highest BCUT2D eigenvalue weighted by Gasteiger charge is 2.39. The molecule has 4 unspecified atom stereocenters. The van der Waals surface area contributed by atoms with E-state index >= 15 is 0 Å². The van der Waals surface area contributed by atoms with Crippen LogP contribution in [0.15, 0.2) is 36.5 Å². The van der Waals surface area contributed by atoms with Gasteiger partial charge in [0.1, 0.15) is 0 Å². The third-order valence-corrected chi connectivity index (χ3v) is 5.10. The fourth-order valence-electron chi connectivity index (χ4n) is 3.91. The molecule has 0 radical (unpaired) electrons. The Bertz CT molecular complexity index is 449. The summed E-state index contributed by atoms with van der Waals surface area (Å²) in [7, 11) is 2.12. The van der Waals surface area contributed by atoms with Gasteiger partial charge in [0.15, 0.2) is 5.78 Å². The second kappa shape index (κ2) is 8.47. The molecular formula is C20H31NO. The van der Waals surface area contributed by atoms with Crippen LogP contribution in [-0.4, -0.2) is 30.3 Å². The van der Waals surface area contributed by atoms with Gasteiger partial charge >= 0.3 is 0 Å². The summed E-state index contributed by atoms with van der Waals surface area (Å²) in [6, 6.07) is 0.130. The lowest BCUT2D eigenvalue weighted by atomic mass is 9.81. The van der Waals surface area contributed by atoms with E-state index < -0.39 is 0 Å². The molecule has 0 bridgehead atoms. The zero-order valence-electron chi connectivity index (χ0n) is 14.4. The van der Waals surface area contributed by atoms with Crippen molar-refractivity contribution in [1.29, 1.82) is 0 Å². The Balaban J connectivity index is 1.99. The zero-order valence-corrected chi connectivity index (χ0v) is 14.4. The number of likely N-dealkylation sites (tertiary alicyclic amines) is 1. The van der Waals surface area contributed by atoms with Crippen molar-refractivity contribution in [1.82, 2.24) is 4.90 Å². The Morgan fingerprint density at radius 1 is 1.36 bits per heavy atom. The second-order valence-corrected chi connectivity index (χ2v) is 6.97. The number of Topliss-reactive ketones (excluding diaryl/α,β-unsaturated/α-hetero) is 1. The van der Waals surface area contributed by atoms with Crippen LogP contribution in [0.1, 0.15) is 46.0 Å². The van der Waals surface area contributed by atoms with E-state index in [1.807, 2.05) is 13.0 Å². The van der Waals surface area contributed by atoms with E-state index in [0.717, 1.165) is 38.6 Å². The summed E-state index contributed by atoms with van der Waals surface area (Å²) in [5.41, 5.74) is 0. The molecule has 2 rings (SSSR count). The molecule has 122 valence electrons. The Morgan fingerprint density at radius 3 is 2.86 bits per heavy atom. The molecule has 1 saturated heterocycles. The maximum Gasteiger partial charge on any atom is 0.157 e. The molecule has 22 heavy (non-hydrogen) atoms. The van der Waals surface area contributed by atoms with E-state index in [4.69, 9.17) is 0 Å². The van der Waals surface area contributed by atoms with Crippen molar-refractivity contribution in [2.24, 2.45) is 17.8 Å². The fraction of sp³-hybridized carbons (Fsp3) is 0.650. The number of nitrogens with zero attached hydrogens (tertiary/aromatic N) is 1. The van der Waals surface area contributed by atoms with E-state index in [2.05, 4.69) is 49.3 Å². The maximum atomic E-state index is 12.9. The zero-order chi connectivity index (χ0) is 15.9. The molecule has 0 aromatic rings. The number of carbonyl (C=O) groups is 1. The molecule has 0 aromatic heterocycles. The van der Waals surface area contributed by atoms with Crippen LogP contribution in [0.2, 0.25) is 0 Å². The summed E-state index contributed by atoms with van der Waals surface area (Å²) in [6.45, 7) is 5.36. The first-order valence-corrected chi connectivity index (χ1v) is 8.83. The topological polar surface area (TPSA) is 20.3 Å². The summed E-state index contributed by atoms with van der Waals surface area (Å²) >= 11 is 0. The van der Waals surface area contributed by atoms with E-state index in [1.165, 1.54) is 0 Å². The van der Waals surface area contributed by atoms with Crippen LogP contribution in [0.4, 0.5) is 0 Å². The van der Waals surface area contributed by atoms with E-state index in [1.54, 1.807) is 0 Å². The maximum absolute atomic E-state index is 12.9. The minimum Gasteiger partial charge on any atom is -0.297 e. The first-order chi connectivity index (χ1) is 10.6. The molecular weight excluding hydrogens is 270 g/mol. The SMILES string of the molecule is C/C=C\C=C/C(C)CC1CCN(C)C1C(=O)C1C=CCCC1. The Kier molecular flexibility index (Phi) is 6.63. The fourth-order valence-corrected chi connectivity index (χ4v) is 3.91. The van der Waals surface area contributed by atoms with Gasteiger partial charge in [0.25, 0.3) is 0 Å². The first kappa shape index (κ1) is 17.2. The molecule has 1 aliphatic carbocycles. The van der Waals surface area contributed by atoms with Crippen molar-refractivity contribution >= 4 is 5.78 Å². The molecule has 2 heteroatoms. The number of rotatable bonds is 6. The Hall–Kier alpha value is -1.15. The summed E-state index contributed by atoms with van der Waals surface area (Å²) in [4.78, 5) is 15.2. The number of allylic oxidation sites excluding steroid dienone is 6. The highest BCUT2D eigenvalue weighted by atomic mass is 16.1. The number of hydrogen-bond donors (Lipinski definition) is 0. The second-order valence-electron chi connectivity index (χ2n) is 6.97. The van der Waals surface area contributed by atoms with E-state index in [-0.39, 0.29) is 12.0 Å². The number of ketones is 1. The Labute approximate surface area is 136 Å². The molecule has 0 saturated carbocycles. The van der Waals surface area contributed by atoms with Gasteiger partial charge < -0.3 is 0 Å². The predicted molar refractivity (Wildman–Crippen MR) is 93.7 cm³/mol. The van der Waals surface area contributed by atoms with Crippen molar-refractivity contribution in [3.63, 3.8) is 0 Å². The van der Waals surface area contributed by atoms with Gasteiger partial charge in [-0.15, -0.1) is 0 Å². The first-order valence-electron chi connectivity index (χ1n) is 8.83. The van der Waals surface area contributed by atoms with Crippen LogP contribution in [0.3, 0.4) is 0 Å². The number of hydrogen-bond acceptors (Lipinski definition) is 2. The van der Waals surface area contributed by atoms with Gasteiger partial charge in [-0.3, -0.25) is 9.69 Å². The molecule has 1 aliphatic heterocycles. The highest BCUT2D eigenvalue weighted by molar-refractivity contribution is 5.88. The smallest absolute Gasteiger partial charge is 0.157 e. The van der Waals surface area contributed by atoms with Crippen LogP contribution in [-0.2, 0) is 4.79 Å². The van der Waals surface area contributed by atoms with Gasteiger partial charge in [0.2, 0.25) is 0 Å². The quantitative estimate of drug-likeness (QED) is 0.535. The molecule has 0 aromatic carbocycles. The van der Waals surface area contributed by atoms with Gasteiger partial charge in [-0.05, 0) is 64.5 Å². The van der Waals surface area contributed by atoms with Crippen LogP contribution >= 0.6 is 0 Å². The lowest BCUT2D eigenvalue weighted by molar-refractivity contribution is -0.127. The largest absolute Gasteiger partial charge is 0.297 e. The summed E-state index contributed by atoms with van der Waals surface area (Å²) in [5, 5.41) is 0. The van der Waals surface area contributed by atoms with Gasteiger partial charge in [-0.25, -0.2) is 0 Å². The highest BCUT2D eigenvalue weighted by Crippen LogP contribution is 2.33. The molecule has 0 spiro atoms. The van der Waals surface area contributed by atoms with Crippen LogP contribution < -0.4 is 0 Å². The Morgan fingerprint density at radius 2 is 2.18 bits per heavy atom. The third kappa shape index (κ3) is 4.42. The van der Waals surface area contributed by atoms with E-state index in [0.29, 0.717) is 17.6 Å². The molecule has 4 atom stereocenters. The van der Waals surface area contributed by atoms with Crippen LogP contribution in [0.5, 0.6) is 0 Å². The molecule has 1 heterocycles. The number of likely N-dealkylation sites (N-methyl/N-ethyl adjacent to an activating group) is 1. The molecule has 0 amide bonds. The average molecular weight is 301 g/mol. The van der Waals surface area contributed by atoms with Gasteiger partial charge in [-0.2, -0.15) is 0 Å². The lowest BCUT2D eigenvalue weighted by Crippen LogP contribution is -2.41.